The van der Waals surface area contributed by atoms with E-state index in [0.717, 1.165) is 16.1 Å². The number of carbonyl (C=O) groups excluding carboxylic acids is 1. The summed E-state index contributed by atoms with van der Waals surface area (Å²) in [7, 11) is 0. The van der Waals surface area contributed by atoms with Crippen molar-refractivity contribution in [3.8, 4) is 11.3 Å². The molecular weight excluding hydrogens is 216 g/mol. The van der Waals surface area contributed by atoms with Crippen LogP contribution < -0.4 is 5.73 Å². The number of nitrogens with zero attached hydrogens (tertiary/aromatic N) is 1. The molecule has 0 radical (unpaired) electrons. The van der Waals surface area contributed by atoms with Crippen LogP contribution in [0.5, 0.6) is 0 Å². The highest BCUT2D eigenvalue weighted by Crippen LogP contribution is 2.27. The standard InChI is InChI=1S/C9H8N2OS2/c1-5(12)8-2-6(3-13-8)7-4-14-9(10)11-7/h2-4H,1H3,(H2,10,11). The number of Topliss-reactive ketones (excluding diaryl/α,β-unsaturated/α-hetero) is 1. The van der Waals surface area contributed by atoms with Gasteiger partial charge in [-0.3, -0.25) is 4.79 Å². The van der Waals surface area contributed by atoms with Gasteiger partial charge in [-0.2, -0.15) is 0 Å². The maximum atomic E-state index is 11.1. The average Bonchev–Trinajstić information content (AvgIpc) is 2.70. The number of rotatable bonds is 2. The van der Waals surface area contributed by atoms with Crippen LogP contribution in [-0.4, -0.2) is 10.8 Å². The molecule has 0 saturated heterocycles. The van der Waals surface area contributed by atoms with E-state index >= 15 is 0 Å². The number of thiazole rings is 1. The van der Waals surface area contributed by atoms with Crippen molar-refractivity contribution in [2.24, 2.45) is 0 Å². The number of aromatic nitrogens is 1. The summed E-state index contributed by atoms with van der Waals surface area (Å²) in [6.45, 7) is 1.56. The van der Waals surface area contributed by atoms with E-state index in [1.807, 2.05) is 16.8 Å². The van der Waals surface area contributed by atoms with Crippen LogP contribution in [0, 0.1) is 0 Å². The number of carbonyl (C=O) groups is 1. The molecule has 0 bridgehead atoms. The Morgan fingerprint density at radius 2 is 2.21 bits per heavy atom. The van der Waals surface area contributed by atoms with Crippen LogP contribution in [0.15, 0.2) is 16.8 Å². The van der Waals surface area contributed by atoms with Gasteiger partial charge in [-0.15, -0.1) is 22.7 Å². The summed E-state index contributed by atoms with van der Waals surface area (Å²) >= 11 is 2.84. The summed E-state index contributed by atoms with van der Waals surface area (Å²) in [6, 6.07) is 1.85. The summed E-state index contributed by atoms with van der Waals surface area (Å²) in [5, 5.41) is 4.36. The molecule has 0 spiro atoms. The molecule has 2 aromatic heterocycles. The number of thiophene rings is 1. The molecule has 0 aliphatic carbocycles. The van der Waals surface area contributed by atoms with E-state index in [9.17, 15) is 4.79 Å². The molecule has 2 N–H and O–H groups in total. The molecule has 2 aromatic rings. The molecule has 0 amide bonds. The highest BCUT2D eigenvalue weighted by atomic mass is 32.1. The van der Waals surface area contributed by atoms with E-state index < -0.39 is 0 Å². The van der Waals surface area contributed by atoms with Gasteiger partial charge in [0.05, 0.1) is 10.6 Å². The van der Waals surface area contributed by atoms with Crippen LogP contribution >= 0.6 is 22.7 Å². The predicted molar refractivity (Wildman–Crippen MR) is 59.8 cm³/mol. The van der Waals surface area contributed by atoms with E-state index in [1.54, 1.807) is 6.92 Å². The zero-order valence-corrected chi connectivity index (χ0v) is 9.11. The Kier molecular flexibility index (Phi) is 2.35. The second-order valence-electron chi connectivity index (χ2n) is 2.83. The van der Waals surface area contributed by atoms with Crippen molar-refractivity contribution in [1.82, 2.24) is 4.98 Å². The Morgan fingerprint density at radius 3 is 2.71 bits per heavy atom. The third-order valence-corrected chi connectivity index (χ3v) is 3.47. The predicted octanol–water partition coefficient (Wildman–Crippen LogP) is 2.66. The van der Waals surface area contributed by atoms with Crippen molar-refractivity contribution in [2.75, 3.05) is 5.73 Å². The molecule has 2 heterocycles. The molecule has 0 aliphatic heterocycles. The number of nitrogen functional groups attached to an aromatic ring is 1. The van der Waals surface area contributed by atoms with Gasteiger partial charge < -0.3 is 5.73 Å². The molecule has 0 aromatic carbocycles. The minimum Gasteiger partial charge on any atom is -0.375 e. The first-order valence-corrected chi connectivity index (χ1v) is 5.73. The molecule has 0 saturated carbocycles. The number of nitrogens with two attached hydrogens (primary N) is 1. The van der Waals surface area contributed by atoms with Crippen LogP contribution in [0.4, 0.5) is 5.13 Å². The Hall–Kier alpha value is -1.20. The van der Waals surface area contributed by atoms with Gasteiger partial charge in [0.1, 0.15) is 0 Å². The first-order chi connectivity index (χ1) is 6.66. The van der Waals surface area contributed by atoms with Crippen molar-refractivity contribution < 1.29 is 4.79 Å². The summed E-state index contributed by atoms with van der Waals surface area (Å²) in [4.78, 5) is 16.0. The highest BCUT2D eigenvalue weighted by Gasteiger charge is 2.07. The third-order valence-electron chi connectivity index (χ3n) is 1.76. The topological polar surface area (TPSA) is 56.0 Å². The third kappa shape index (κ3) is 1.69. The SMILES string of the molecule is CC(=O)c1cc(-c2csc(N)n2)cs1. The van der Waals surface area contributed by atoms with Crippen molar-refractivity contribution in [3.05, 3.63) is 21.7 Å². The molecule has 0 unspecified atom stereocenters. The van der Waals surface area contributed by atoms with Crippen LogP contribution in [0.2, 0.25) is 0 Å². The summed E-state index contributed by atoms with van der Waals surface area (Å²) in [6.07, 6.45) is 0. The number of anilines is 1. The summed E-state index contributed by atoms with van der Waals surface area (Å²) in [5.41, 5.74) is 7.34. The number of hydrogen-bond acceptors (Lipinski definition) is 5. The Balaban J connectivity index is 2.38. The van der Waals surface area contributed by atoms with Gasteiger partial charge in [0.15, 0.2) is 10.9 Å². The van der Waals surface area contributed by atoms with Gasteiger partial charge in [-0.1, -0.05) is 0 Å². The Bertz CT molecular complexity index is 473. The van der Waals surface area contributed by atoms with Gasteiger partial charge >= 0.3 is 0 Å². The Morgan fingerprint density at radius 1 is 1.43 bits per heavy atom. The molecule has 5 heteroatoms. The molecular formula is C9H8N2OS2. The summed E-state index contributed by atoms with van der Waals surface area (Å²) < 4.78 is 0. The second-order valence-corrected chi connectivity index (χ2v) is 4.63. The normalized spacial score (nSPS) is 10.4. The maximum Gasteiger partial charge on any atom is 0.180 e. The van der Waals surface area contributed by atoms with Crippen molar-refractivity contribution in [1.29, 1.82) is 0 Å². The largest absolute Gasteiger partial charge is 0.375 e. The van der Waals surface area contributed by atoms with Crippen molar-refractivity contribution >= 4 is 33.6 Å². The Labute approximate surface area is 89.2 Å². The number of hydrogen-bond donors (Lipinski definition) is 1. The van der Waals surface area contributed by atoms with Crippen LogP contribution in [-0.2, 0) is 0 Å². The fourth-order valence-corrected chi connectivity index (χ4v) is 2.45. The first-order valence-electron chi connectivity index (χ1n) is 3.97. The minimum absolute atomic E-state index is 0.0875. The van der Waals surface area contributed by atoms with E-state index in [2.05, 4.69) is 4.98 Å². The van der Waals surface area contributed by atoms with Gasteiger partial charge in [0, 0.05) is 16.3 Å². The minimum atomic E-state index is 0.0875. The van der Waals surface area contributed by atoms with Crippen molar-refractivity contribution in [3.63, 3.8) is 0 Å². The lowest BCUT2D eigenvalue weighted by atomic mass is 10.2. The molecule has 72 valence electrons. The van der Waals surface area contributed by atoms with Crippen molar-refractivity contribution in [2.45, 2.75) is 6.92 Å². The van der Waals surface area contributed by atoms with E-state index in [-0.39, 0.29) is 5.78 Å². The lowest BCUT2D eigenvalue weighted by Crippen LogP contribution is -1.85. The average molecular weight is 224 g/mol. The van der Waals surface area contributed by atoms with Gasteiger partial charge in [-0.25, -0.2) is 4.98 Å². The van der Waals surface area contributed by atoms with E-state index in [4.69, 9.17) is 5.73 Å². The highest BCUT2D eigenvalue weighted by molar-refractivity contribution is 7.14. The lowest BCUT2D eigenvalue weighted by Gasteiger charge is -1.87. The molecule has 3 nitrogen and oxygen atoms in total. The van der Waals surface area contributed by atoms with E-state index in [1.165, 1.54) is 22.7 Å². The summed E-state index contributed by atoms with van der Waals surface area (Å²) in [5.74, 6) is 0.0875. The maximum absolute atomic E-state index is 11.1. The molecule has 2 rings (SSSR count). The second kappa shape index (κ2) is 3.51. The number of ketones is 1. The quantitative estimate of drug-likeness (QED) is 0.798. The molecule has 14 heavy (non-hydrogen) atoms. The van der Waals surface area contributed by atoms with Gasteiger partial charge in [0.25, 0.3) is 0 Å². The smallest absolute Gasteiger partial charge is 0.180 e. The zero-order valence-electron chi connectivity index (χ0n) is 7.48. The van der Waals surface area contributed by atoms with Crippen LogP contribution in [0.3, 0.4) is 0 Å². The zero-order chi connectivity index (χ0) is 10.1. The first kappa shape index (κ1) is 9.36. The molecule has 0 fully saturated rings. The van der Waals surface area contributed by atoms with Crippen LogP contribution in [0.25, 0.3) is 11.3 Å². The molecule has 0 atom stereocenters. The fraction of sp³-hybridized carbons (Fsp3) is 0.111. The lowest BCUT2D eigenvalue weighted by molar-refractivity contribution is 0.102. The van der Waals surface area contributed by atoms with Crippen LogP contribution in [0.1, 0.15) is 16.6 Å². The molecule has 0 aliphatic rings. The monoisotopic (exact) mass is 224 g/mol. The van der Waals surface area contributed by atoms with E-state index in [0.29, 0.717) is 5.13 Å². The fourth-order valence-electron chi connectivity index (χ4n) is 1.08. The van der Waals surface area contributed by atoms with Gasteiger partial charge in [-0.05, 0) is 13.0 Å². The van der Waals surface area contributed by atoms with Gasteiger partial charge in [0.2, 0.25) is 0 Å².